The molecule has 8 heteroatoms. The lowest BCUT2D eigenvalue weighted by Crippen LogP contribution is -2.16. The van der Waals surface area contributed by atoms with Crippen LogP contribution in [0.5, 0.6) is 11.5 Å². The molecule has 1 N–H and O–H groups in total. The topological polar surface area (TPSA) is 81.7 Å². The van der Waals surface area contributed by atoms with Gasteiger partial charge in [0.1, 0.15) is 0 Å². The molecule has 0 fully saturated rings. The highest BCUT2D eigenvalue weighted by molar-refractivity contribution is 9.10. The SMILES string of the molecule is COc1cc(C)c(C(=O)c2cc(Br)ccc2NS(=O)(=O)c2ccc(C)cc2)cc1OC. The fourth-order valence-corrected chi connectivity index (χ4v) is 4.53. The minimum Gasteiger partial charge on any atom is -0.493 e. The first kappa shape index (κ1) is 22.8. The average Bonchev–Trinajstić information content (AvgIpc) is 2.74. The van der Waals surface area contributed by atoms with Gasteiger partial charge in [-0.1, -0.05) is 33.6 Å². The molecule has 6 nitrogen and oxygen atoms in total. The van der Waals surface area contributed by atoms with Crippen molar-refractivity contribution >= 4 is 37.4 Å². The Kier molecular flexibility index (Phi) is 6.71. The van der Waals surface area contributed by atoms with Gasteiger partial charge in [0.15, 0.2) is 17.3 Å². The van der Waals surface area contributed by atoms with Crippen molar-refractivity contribution in [3.63, 3.8) is 0 Å². The van der Waals surface area contributed by atoms with Crippen molar-refractivity contribution in [1.82, 2.24) is 0 Å². The first-order chi connectivity index (χ1) is 14.7. The molecule has 162 valence electrons. The maximum Gasteiger partial charge on any atom is 0.261 e. The van der Waals surface area contributed by atoms with Crippen molar-refractivity contribution in [2.45, 2.75) is 18.7 Å². The molecule has 0 amide bonds. The fraction of sp³-hybridized carbons (Fsp3) is 0.174. The van der Waals surface area contributed by atoms with Gasteiger partial charge in [-0.25, -0.2) is 8.42 Å². The number of carbonyl (C=O) groups excluding carboxylic acids is 1. The van der Waals surface area contributed by atoms with Crippen LogP contribution in [0.1, 0.15) is 27.0 Å². The van der Waals surface area contributed by atoms with Crippen molar-refractivity contribution in [2.75, 3.05) is 18.9 Å². The van der Waals surface area contributed by atoms with Gasteiger partial charge in [-0.3, -0.25) is 9.52 Å². The summed E-state index contributed by atoms with van der Waals surface area (Å²) < 4.78 is 39.6. The van der Waals surface area contributed by atoms with Crippen molar-refractivity contribution in [3.05, 3.63) is 81.3 Å². The number of sulfonamides is 1. The van der Waals surface area contributed by atoms with Crippen LogP contribution in [0.2, 0.25) is 0 Å². The first-order valence-corrected chi connectivity index (χ1v) is 11.6. The molecule has 0 aliphatic rings. The van der Waals surface area contributed by atoms with Crippen LogP contribution >= 0.6 is 15.9 Å². The van der Waals surface area contributed by atoms with Crippen LogP contribution in [0.15, 0.2) is 64.0 Å². The largest absolute Gasteiger partial charge is 0.493 e. The zero-order valence-electron chi connectivity index (χ0n) is 17.5. The van der Waals surface area contributed by atoms with E-state index in [2.05, 4.69) is 20.7 Å². The van der Waals surface area contributed by atoms with Crippen LogP contribution in [0.3, 0.4) is 0 Å². The predicted molar refractivity (Wildman–Crippen MR) is 124 cm³/mol. The first-order valence-electron chi connectivity index (χ1n) is 9.32. The van der Waals surface area contributed by atoms with Crippen LogP contribution < -0.4 is 14.2 Å². The summed E-state index contributed by atoms with van der Waals surface area (Å²) in [6, 6.07) is 14.6. The lowest BCUT2D eigenvalue weighted by molar-refractivity contribution is 0.103. The zero-order chi connectivity index (χ0) is 22.8. The molecular formula is C23H22BrNO5S. The molecule has 0 unspecified atom stereocenters. The van der Waals surface area contributed by atoms with Gasteiger partial charge in [-0.15, -0.1) is 0 Å². The number of methoxy groups -OCH3 is 2. The molecule has 0 aliphatic carbocycles. The van der Waals surface area contributed by atoms with Gasteiger partial charge in [-0.05, 0) is 61.9 Å². The number of ether oxygens (including phenoxy) is 2. The smallest absolute Gasteiger partial charge is 0.261 e. The van der Waals surface area contributed by atoms with E-state index in [1.54, 1.807) is 49.4 Å². The van der Waals surface area contributed by atoms with Gasteiger partial charge in [0.05, 0.1) is 24.8 Å². The third-order valence-electron chi connectivity index (χ3n) is 4.78. The van der Waals surface area contributed by atoms with E-state index in [0.29, 0.717) is 27.1 Å². The summed E-state index contributed by atoms with van der Waals surface area (Å²) in [5, 5.41) is 0. The Morgan fingerprint density at radius 2 is 1.48 bits per heavy atom. The second-order valence-electron chi connectivity index (χ2n) is 6.96. The molecule has 0 saturated carbocycles. The molecule has 0 aliphatic heterocycles. The standard InChI is InChI=1S/C23H22BrNO5S/c1-14-5-8-17(9-6-14)31(27,28)25-20-10-7-16(24)12-19(20)23(26)18-13-22(30-4)21(29-3)11-15(18)2/h5-13,25H,1-4H3. The van der Waals surface area contributed by atoms with E-state index in [-0.39, 0.29) is 21.9 Å². The Morgan fingerprint density at radius 3 is 2.10 bits per heavy atom. The van der Waals surface area contributed by atoms with Gasteiger partial charge in [0, 0.05) is 15.6 Å². The summed E-state index contributed by atoms with van der Waals surface area (Å²) in [6.45, 7) is 3.66. The van der Waals surface area contributed by atoms with Gasteiger partial charge in [0.2, 0.25) is 0 Å². The predicted octanol–water partition coefficient (Wildman–Crippen LogP) is 5.11. The molecule has 3 aromatic carbocycles. The number of nitrogens with one attached hydrogen (secondary N) is 1. The quantitative estimate of drug-likeness (QED) is 0.452. The third-order valence-corrected chi connectivity index (χ3v) is 6.65. The molecule has 0 radical (unpaired) electrons. The number of benzene rings is 3. The van der Waals surface area contributed by atoms with Gasteiger partial charge < -0.3 is 9.47 Å². The van der Waals surface area contributed by atoms with E-state index in [0.717, 1.165) is 5.56 Å². The summed E-state index contributed by atoms with van der Waals surface area (Å²) in [5.41, 5.74) is 2.40. The molecule has 0 spiro atoms. The summed E-state index contributed by atoms with van der Waals surface area (Å²) in [5.74, 6) is 0.570. The molecule has 0 heterocycles. The van der Waals surface area contributed by atoms with Crippen LogP contribution in [0, 0.1) is 13.8 Å². The van der Waals surface area contributed by atoms with E-state index >= 15 is 0 Å². The van der Waals surface area contributed by atoms with E-state index in [1.165, 1.54) is 26.4 Å². The highest BCUT2D eigenvalue weighted by atomic mass is 79.9. The summed E-state index contributed by atoms with van der Waals surface area (Å²) >= 11 is 3.37. The van der Waals surface area contributed by atoms with Crippen molar-refractivity contribution in [1.29, 1.82) is 0 Å². The van der Waals surface area contributed by atoms with Crippen LogP contribution in [-0.4, -0.2) is 28.4 Å². The average molecular weight is 504 g/mol. The number of hydrogen-bond acceptors (Lipinski definition) is 5. The number of aryl methyl sites for hydroxylation is 2. The Morgan fingerprint density at radius 1 is 0.871 bits per heavy atom. The Balaban J connectivity index is 2.06. The van der Waals surface area contributed by atoms with E-state index in [9.17, 15) is 13.2 Å². The fourth-order valence-electron chi connectivity index (χ4n) is 3.08. The Bertz CT molecular complexity index is 1240. The van der Waals surface area contributed by atoms with E-state index in [1.807, 2.05) is 6.92 Å². The number of halogens is 1. The van der Waals surface area contributed by atoms with Gasteiger partial charge >= 0.3 is 0 Å². The zero-order valence-corrected chi connectivity index (χ0v) is 19.9. The van der Waals surface area contributed by atoms with E-state index in [4.69, 9.17) is 9.47 Å². The molecule has 0 saturated heterocycles. The molecule has 3 rings (SSSR count). The normalized spacial score (nSPS) is 11.1. The third kappa shape index (κ3) is 4.91. The molecule has 0 aromatic heterocycles. The number of anilines is 1. The second-order valence-corrected chi connectivity index (χ2v) is 9.56. The lowest BCUT2D eigenvalue weighted by Gasteiger charge is -2.15. The van der Waals surface area contributed by atoms with Crippen molar-refractivity contribution < 1.29 is 22.7 Å². The highest BCUT2D eigenvalue weighted by Crippen LogP contribution is 2.33. The van der Waals surface area contributed by atoms with Gasteiger partial charge in [0.25, 0.3) is 10.0 Å². The highest BCUT2D eigenvalue weighted by Gasteiger charge is 2.22. The monoisotopic (exact) mass is 503 g/mol. The van der Waals surface area contributed by atoms with Crippen LogP contribution in [0.4, 0.5) is 5.69 Å². The summed E-state index contributed by atoms with van der Waals surface area (Å²) in [7, 11) is -0.870. The number of ketones is 1. The molecule has 0 bridgehead atoms. The lowest BCUT2D eigenvalue weighted by atomic mass is 9.97. The molecule has 3 aromatic rings. The van der Waals surface area contributed by atoms with E-state index < -0.39 is 10.0 Å². The van der Waals surface area contributed by atoms with Crippen molar-refractivity contribution in [3.8, 4) is 11.5 Å². The molecule has 31 heavy (non-hydrogen) atoms. The van der Waals surface area contributed by atoms with Crippen LogP contribution in [0.25, 0.3) is 0 Å². The molecule has 0 atom stereocenters. The summed E-state index contributed by atoms with van der Waals surface area (Å²) in [4.78, 5) is 13.5. The Hall–Kier alpha value is -2.84. The van der Waals surface area contributed by atoms with Crippen molar-refractivity contribution in [2.24, 2.45) is 0 Å². The minimum absolute atomic E-state index is 0.113. The number of hydrogen-bond donors (Lipinski definition) is 1. The number of carbonyl (C=O) groups is 1. The molecular weight excluding hydrogens is 482 g/mol. The van der Waals surface area contributed by atoms with Crippen LogP contribution in [-0.2, 0) is 10.0 Å². The van der Waals surface area contributed by atoms with Gasteiger partial charge in [-0.2, -0.15) is 0 Å². The minimum atomic E-state index is -3.88. The second kappa shape index (κ2) is 9.11. The maximum absolute atomic E-state index is 13.4. The number of rotatable bonds is 7. The summed E-state index contributed by atoms with van der Waals surface area (Å²) in [6.07, 6.45) is 0. The Labute approximate surface area is 190 Å². The maximum atomic E-state index is 13.4.